The lowest BCUT2D eigenvalue weighted by Crippen LogP contribution is -1.92. The number of hydrogen-bond acceptors (Lipinski definition) is 2. The predicted molar refractivity (Wildman–Crippen MR) is 120 cm³/mol. The molecule has 2 aliphatic rings. The van der Waals surface area contributed by atoms with Gasteiger partial charge in [0.05, 0.1) is 20.8 Å². The van der Waals surface area contributed by atoms with Crippen LogP contribution in [0.25, 0.3) is 38.8 Å². The molecule has 28 heavy (non-hydrogen) atoms. The van der Waals surface area contributed by atoms with E-state index >= 15 is 0 Å². The second-order valence-electron chi connectivity index (χ2n) is 7.46. The van der Waals surface area contributed by atoms with Gasteiger partial charge in [0, 0.05) is 37.2 Å². The molecule has 3 aromatic carbocycles. The van der Waals surface area contributed by atoms with Gasteiger partial charge < -0.3 is 9.97 Å². The van der Waals surface area contributed by atoms with E-state index in [2.05, 4.69) is 70.7 Å². The summed E-state index contributed by atoms with van der Waals surface area (Å²) in [4.78, 5) is 12.8. The summed E-state index contributed by atoms with van der Waals surface area (Å²) in [7, 11) is 0. The smallest absolute Gasteiger partial charge is 0.0618 e. The van der Waals surface area contributed by atoms with Crippen LogP contribution in [0.3, 0.4) is 0 Å². The van der Waals surface area contributed by atoms with E-state index in [0.717, 1.165) is 12.8 Å². The Bertz CT molecular complexity index is 1470. The minimum atomic E-state index is 1.13. The van der Waals surface area contributed by atoms with Crippen molar-refractivity contribution in [2.45, 2.75) is 32.4 Å². The number of fused-ring (bicyclic) bond motifs is 10. The van der Waals surface area contributed by atoms with Crippen LogP contribution >= 0.6 is 23.5 Å². The molecular weight excluding hydrogens is 380 g/mol. The maximum atomic E-state index is 3.70. The number of H-pyrrole nitrogens is 2. The molecule has 134 valence electrons. The lowest BCUT2D eigenvalue weighted by atomic mass is 10.0. The fraction of sp³-hybridized carbons (Fsp3) is 0.0833. The molecular formula is C24H16N2S2. The summed E-state index contributed by atoms with van der Waals surface area (Å²) in [6.07, 6.45) is 6.79. The second kappa shape index (κ2) is 5.49. The van der Waals surface area contributed by atoms with Gasteiger partial charge in [0.1, 0.15) is 0 Å². The fourth-order valence-corrected chi connectivity index (χ4v) is 7.06. The lowest BCUT2D eigenvalue weighted by Gasteiger charge is -2.19. The normalized spacial score (nSPS) is 15.1. The van der Waals surface area contributed by atoms with Crippen LogP contribution in [-0.2, 0) is 6.42 Å². The molecule has 3 heterocycles. The molecule has 0 atom stereocenters. The molecule has 0 amide bonds. The topological polar surface area (TPSA) is 31.6 Å². The molecule has 1 aliphatic heterocycles. The molecule has 0 radical (unpaired) electrons. The molecule has 2 aromatic heterocycles. The molecule has 0 spiro atoms. The summed E-state index contributed by atoms with van der Waals surface area (Å²) in [6, 6.07) is 17.8. The molecule has 7 rings (SSSR count). The number of rotatable bonds is 0. The van der Waals surface area contributed by atoms with Gasteiger partial charge in [-0.3, -0.25) is 0 Å². The summed E-state index contributed by atoms with van der Waals surface area (Å²) in [6.45, 7) is 0. The summed E-state index contributed by atoms with van der Waals surface area (Å²) < 4.78 is 0. The molecule has 0 saturated carbocycles. The van der Waals surface area contributed by atoms with Crippen molar-refractivity contribution < 1.29 is 0 Å². The molecule has 0 unspecified atom stereocenters. The largest absolute Gasteiger partial charge is 0.354 e. The van der Waals surface area contributed by atoms with Gasteiger partial charge in [-0.2, -0.15) is 0 Å². The van der Waals surface area contributed by atoms with Gasteiger partial charge >= 0.3 is 0 Å². The number of aromatic amines is 2. The van der Waals surface area contributed by atoms with Crippen LogP contribution in [0.1, 0.15) is 17.7 Å². The standard InChI is InChI=1S/C24H16N2S2/c1-3-7-17-13(5-1)15-9-11-19-23(21(15)25-17)27-20-12-10-16-14-6-2-4-8-18(14)26-22(16)24(20)28-19/h1,3-5,7-12,25-26H,2,6H2. The van der Waals surface area contributed by atoms with E-state index in [-0.39, 0.29) is 0 Å². The van der Waals surface area contributed by atoms with Crippen molar-refractivity contribution in [3.05, 3.63) is 65.9 Å². The van der Waals surface area contributed by atoms with E-state index < -0.39 is 0 Å². The first-order chi connectivity index (χ1) is 13.9. The molecule has 5 aromatic rings. The minimum absolute atomic E-state index is 1.13. The van der Waals surface area contributed by atoms with Gasteiger partial charge in [-0.15, -0.1) is 0 Å². The van der Waals surface area contributed by atoms with Crippen molar-refractivity contribution in [2.75, 3.05) is 0 Å². The molecule has 2 N–H and O–H groups in total. The van der Waals surface area contributed by atoms with Crippen LogP contribution < -0.4 is 0 Å². The van der Waals surface area contributed by atoms with E-state index in [9.17, 15) is 0 Å². The SMILES string of the molecule is C1=Cc2[nH]c3c4c(ccc3c2CC1)Sc1c(ccc2c1[nH]c1ccccc12)S4. The van der Waals surface area contributed by atoms with Crippen LogP contribution in [0.2, 0.25) is 0 Å². The third-order valence-corrected chi connectivity index (χ3v) is 8.53. The van der Waals surface area contributed by atoms with Crippen LogP contribution in [0.4, 0.5) is 0 Å². The van der Waals surface area contributed by atoms with E-state index in [1.807, 2.05) is 23.5 Å². The van der Waals surface area contributed by atoms with Crippen molar-refractivity contribution in [3.63, 3.8) is 0 Å². The highest BCUT2D eigenvalue weighted by atomic mass is 32.2. The summed E-state index contributed by atoms with van der Waals surface area (Å²) >= 11 is 3.80. The monoisotopic (exact) mass is 396 g/mol. The Labute approximate surface area is 170 Å². The van der Waals surface area contributed by atoms with Gasteiger partial charge in [-0.25, -0.2) is 0 Å². The zero-order valence-corrected chi connectivity index (χ0v) is 16.6. The number of aryl methyl sites for hydroxylation is 1. The highest BCUT2D eigenvalue weighted by Crippen LogP contribution is 2.53. The first-order valence-electron chi connectivity index (χ1n) is 9.60. The minimum Gasteiger partial charge on any atom is -0.354 e. The summed E-state index contributed by atoms with van der Waals surface area (Å²) in [5.41, 5.74) is 6.53. The number of hydrogen-bond donors (Lipinski definition) is 2. The maximum Gasteiger partial charge on any atom is 0.0618 e. The van der Waals surface area contributed by atoms with Crippen molar-refractivity contribution in [2.24, 2.45) is 0 Å². The van der Waals surface area contributed by atoms with Crippen LogP contribution in [0.15, 0.2) is 74.2 Å². The molecule has 2 nitrogen and oxygen atoms in total. The number of benzene rings is 3. The molecule has 0 bridgehead atoms. The van der Waals surface area contributed by atoms with Crippen molar-refractivity contribution >= 4 is 62.3 Å². The zero-order valence-electron chi connectivity index (χ0n) is 15.0. The average molecular weight is 397 g/mol. The number of allylic oxidation sites excluding steroid dienone is 1. The van der Waals surface area contributed by atoms with Crippen LogP contribution in [0.5, 0.6) is 0 Å². The summed E-state index contributed by atoms with van der Waals surface area (Å²) in [5.74, 6) is 0. The highest BCUT2D eigenvalue weighted by Gasteiger charge is 2.25. The second-order valence-corrected chi connectivity index (χ2v) is 9.57. The first-order valence-corrected chi connectivity index (χ1v) is 11.2. The molecule has 4 heteroatoms. The fourth-order valence-electron chi connectivity index (χ4n) is 4.59. The Kier molecular flexibility index (Phi) is 3.02. The number of para-hydroxylation sites is 1. The Morgan fingerprint density at radius 1 is 0.714 bits per heavy atom. The quantitative estimate of drug-likeness (QED) is 0.281. The number of aromatic nitrogens is 2. The highest BCUT2D eigenvalue weighted by molar-refractivity contribution is 8.05. The third-order valence-electron chi connectivity index (χ3n) is 5.90. The Hall–Kier alpha value is -2.56. The predicted octanol–water partition coefficient (Wildman–Crippen LogP) is 7.38. The van der Waals surface area contributed by atoms with Gasteiger partial charge in [0.15, 0.2) is 0 Å². The van der Waals surface area contributed by atoms with Gasteiger partial charge in [-0.05, 0) is 42.7 Å². The summed E-state index contributed by atoms with van der Waals surface area (Å²) in [5, 5.41) is 4.00. The number of nitrogens with one attached hydrogen (secondary N) is 2. The van der Waals surface area contributed by atoms with Gasteiger partial charge in [0.2, 0.25) is 0 Å². The third kappa shape index (κ3) is 1.97. The Morgan fingerprint density at radius 3 is 2.32 bits per heavy atom. The molecule has 0 saturated heterocycles. The van der Waals surface area contributed by atoms with Crippen molar-refractivity contribution in [1.29, 1.82) is 0 Å². The van der Waals surface area contributed by atoms with Crippen molar-refractivity contribution in [1.82, 2.24) is 9.97 Å². The first kappa shape index (κ1) is 15.4. The maximum absolute atomic E-state index is 3.70. The lowest BCUT2D eigenvalue weighted by molar-refractivity contribution is 0.992. The molecule has 1 aliphatic carbocycles. The van der Waals surface area contributed by atoms with Crippen molar-refractivity contribution in [3.8, 4) is 0 Å². The van der Waals surface area contributed by atoms with E-state index in [0.29, 0.717) is 0 Å². The van der Waals surface area contributed by atoms with E-state index in [1.165, 1.54) is 63.5 Å². The Morgan fingerprint density at radius 2 is 1.46 bits per heavy atom. The van der Waals surface area contributed by atoms with Gasteiger partial charge in [-0.1, -0.05) is 59.9 Å². The Balaban J connectivity index is 1.46. The van der Waals surface area contributed by atoms with Crippen LogP contribution in [-0.4, -0.2) is 9.97 Å². The zero-order chi connectivity index (χ0) is 18.2. The van der Waals surface area contributed by atoms with E-state index in [1.54, 1.807) is 0 Å². The average Bonchev–Trinajstić information content (AvgIpc) is 3.31. The van der Waals surface area contributed by atoms with Gasteiger partial charge in [0.25, 0.3) is 0 Å². The van der Waals surface area contributed by atoms with Crippen LogP contribution in [0, 0.1) is 0 Å². The molecule has 0 fully saturated rings. The van der Waals surface area contributed by atoms with E-state index in [4.69, 9.17) is 0 Å².